The van der Waals surface area contributed by atoms with Gasteiger partial charge in [-0.15, -0.1) is 0 Å². The van der Waals surface area contributed by atoms with E-state index in [1.54, 1.807) is 6.92 Å². The maximum atomic E-state index is 13.1. The summed E-state index contributed by atoms with van der Waals surface area (Å²) in [6.45, 7) is 1.87. The van der Waals surface area contributed by atoms with Crippen LogP contribution in [0.4, 0.5) is 4.39 Å². The van der Waals surface area contributed by atoms with Crippen molar-refractivity contribution < 1.29 is 18.7 Å². The molecular weight excluding hydrogens is 287 g/mol. The SMILES string of the molecule is CCOC(=O)CSc1c(=O)[nH]c2ccc(F)cc2[n+]1[O-]. The molecule has 0 bridgehead atoms. The number of nitrogens with one attached hydrogen (secondary N) is 1. The molecule has 0 fully saturated rings. The van der Waals surface area contributed by atoms with Crippen LogP contribution in [0.2, 0.25) is 0 Å². The fourth-order valence-corrected chi connectivity index (χ4v) is 2.35. The molecule has 0 saturated carbocycles. The number of hydrogen-bond acceptors (Lipinski definition) is 5. The first-order valence-corrected chi connectivity index (χ1v) is 6.75. The van der Waals surface area contributed by atoms with Gasteiger partial charge in [-0.25, -0.2) is 4.39 Å². The molecule has 0 aliphatic heterocycles. The van der Waals surface area contributed by atoms with Gasteiger partial charge in [-0.2, -0.15) is 4.73 Å². The standard InChI is InChI=1S/C12H11FN2O4S/c1-2-19-10(16)6-20-12-11(17)14-8-4-3-7(13)5-9(8)15(12)18/h3-5H,2,6H2,1H3,(H,14,17). The number of fused-ring (bicyclic) bond motifs is 1. The third kappa shape index (κ3) is 2.90. The fourth-order valence-electron chi connectivity index (χ4n) is 1.61. The quantitative estimate of drug-likeness (QED) is 0.393. The van der Waals surface area contributed by atoms with Crippen molar-refractivity contribution in [3.05, 3.63) is 39.6 Å². The molecule has 0 radical (unpaired) electrons. The van der Waals surface area contributed by atoms with E-state index in [0.717, 1.165) is 23.9 Å². The minimum absolute atomic E-state index is 0.00374. The van der Waals surface area contributed by atoms with Crippen molar-refractivity contribution in [3.63, 3.8) is 0 Å². The van der Waals surface area contributed by atoms with Crippen LogP contribution < -0.4 is 10.3 Å². The number of aromatic amines is 1. The van der Waals surface area contributed by atoms with Gasteiger partial charge < -0.3 is 14.9 Å². The topological polar surface area (TPSA) is 86.1 Å². The Balaban J connectivity index is 2.38. The molecule has 0 unspecified atom stereocenters. The molecule has 0 spiro atoms. The van der Waals surface area contributed by atoms with Crippen LogP contribution in [0.5, 0.6) is 0 Å². The molecule has 1 aromatic carbocycles. The van der Waals surface area contributed by atoms with Gasteiger partial charge in [-0.1, -0.05) is 0 Å². The van der Waals surface area contributed by atoms with E-state index in [-0.39, 0.29) is 28.4 Å². The molecule has 1 N–H and O–H groups in total. The van der Waals surface area contributed by atoms with Crippen LogP contribution in [0.3, 0.4) is 0 Å². The van der Waals surface area contributed by atoms with E-state index < -0.39 is 17.3 Å². The van der Waals surface area contributed by atoms with Crippen molar-refractivity contribution in [2.75, 3.05) is 12.4 Å². The second kappa shape index (κ2) is 5.91. The van der Waals surface area contributed by atoms with Crippen LogP contribution >= 0.6 is 11.8 Å². The van der Waals surface area contributed by atoms with Gasteiger partial charge in [0.25, 0.3) is 0 Å². The summed E-state index contributed by atoms with van der Waals surface area (Å²) >= 11 is 0.752. The number of hydrogen-bond donors (Lipinski definition) is 1. The van der Waals surface area contributed by atoms with Crippen LogP contribution in [-0.4, -0.2) is 23.3 Å². The second-order valence-corrected chi connectivity index (χ2v) is 4.77. The maximum Gasteiger partial charge on any atom is 0.329 e. The Kier molecular flexibility index (Phi) is 4.23. The van der Waals surface area contributed by atoms with Crippen LogP contribution in [0.15, 0.2) is 28.0 Å². The van der Waals surface area contributed by atoms with Gasteiger partial charge in [-0.3, -0.25) is 9.59 Å². The second-order valence-electron chi connectivity index (χ2n) is 3.81. The molecule has 0 saturated heterocycles. The van der Waals surface area contributed by atoms with Crippen LogP contribution in [0.1, 0.15) is 6.92 Å². The van der Waals surface area contributed by atoms with E-state index in [9.17, 15) is 19.2 Å². The number of rotatable bonds is 4. The Bertz CT molecular complexity index is 716. The molecule has 106 valence electrons. The first-order chi connectivity index (χ1) is 9.52. The Morgan fingerprint density at radius 1 is 1.55 bits per heavy atom. The van der Waals surface area contributed by atoms with E-state index in [4.69, 9.17) is 4.74 Å². The summed E-state index contributed by atoms with van der Waals surface area (Å²) in [5.41, 5.74) is -0.406. The lowest BCUT2D eigenvalue weighted by Gasteiger charge is -2.06. The van der Waals surface area contributed by atoms with Gasteiger partial charge >= 0.3 is 16.6 Å². The minimum atomic E-state index is -0.631. The largest absolute Gasteiger partial charge is 0.617 e. The Morgan fingerprint density at radius 2 is 2.30 bits per heavy atom. The summed E-state index contributed by atoms with van der Waals surface area (Å²) in [6.07, 6.45) is 0. The number of H-pyrrole nitrogens is 1. The fraction of sp³-hybridized carbons (Fsp3) is 0.250. The third-order valence-corrected chi connectivity index (χ3v) is 3.44. The number of benzene rings is 1. The van der Waals surface area contributed by atoms with Gasteiger partial charge in [0.05, 0.1) is 6.61 Å². The highest BCUT2D eigenvalue weighted by Gasteiger charge is 2.19. The summed E-state index contributed by atoms with van der Waals surface area (Å²) < 4.78 is 18.2. The van der Waals surface area contributed by atoms with E-state index in [1.165, 1.54) is 6.07 Å². The van der Waals surface area contributed by atoms with Crippen molar-refractivity contribution in [2.45, 2.75) is 11.9 Å². The van der Waals surface area contributed by atoms with Crippen LogP contribution in [-0.2, 0) is 9.53 Å². The highest BCUT2D eigenvalue weighted by Crippen LogP contribution is 2.13. The Hall–Kier alpha value is -2.09. The maximum absolute atomic E-state index is 13.1. The van der Waals surface area contributed by atoms with Gasteiger partial charge in [0.1, 0.15) is 17.1 Å². The van der Waals surface area contributed by atoms with E-state index in [0.29, 0.717) is 4.73 Å². The molecular formula is C12H11FN2O4S. The molecule has 6 nitrogen and oxygen atoms in total. The number of ether oxygens (including phenoxy) is 1. The number of aromatic nitrogens is 2. The monoisotopic (exact) mass is 298 g/mol. The van der Waals surface area contributed by atoms with Crippen molar-refractivity contribution >= 4 is 28.8 Å². The molecule has 1 aromatic heterocycles. The summed E-state index contributed by atoms with van der Waals surface area (Å²) in [4.78, 5) is 25.5. The molecule has 0 aliphatic carbocycles. The summed E-state index contributed by atoms with van der Waals surface area (Å²) in [6, 6.07) is 3.47. The summed E-state index contributed by atoms with van der Waals surface area (Å²) in [5.74, 6) is -1.29. The molecule has 1 heterocycles. The van der Waals surface area contributed by atoms with Gasteiger partial charge in [0, 0.05) is 6.07 Å². The van der Waals surface area contributed by atoms with Crippen molar-refractivity contribution in [3.8, 4) is 0 Å². The zero-order chi connectivity index (χ0) is 14.7. The first-order valence-electron chi connectivity index (χ1n) is 5.76. The van der Waals surface area contributed by atoms with Gasteiger partial charge in [0.15, 0.2) is 0 Å². The van der Waals surface area contributed by atoms with Crippen LogP contribution in [0.25, 0.3) is 11.0 Å². The molecule has 20 heavy (non-hydrogen) atoms. The molecule has 0 aliphatic rings. The zero-order valence-corrected chi connectivity index (χ0v) is 11.3. The Morgan fingerprint density at radius 3 is 3.00 bits per heavy atom. The average molecular weight is 298 g/mol. The highest BCUT2D eigenvalue weighted by molar-refractivity contribution is 7.99. The van der Waals surface area contributed by atoms with Crippen molar-refractivity contribution in [1.29, 1.82) is 0 Å². The van der Waals surface area contributed by atoms with E-state index >= 15 is 0 Å². The number of carbonyl (C=O) groups is 1. The zero-order valence-electron chi connectivity index (χ0n) is 10.5. The molecule has 0 atom stereocenters. The summed E-state index contributed by atoms with van der Waals surface area (Å²) in [5, 5.41) is 11.8. The van der Waals surface area contributed by atoms with Gasteiger partial charge in [0.2, 0.25) is 5.52 Å². The predicted molar refractivity (Wildman–Crippen MR) is 70.8 cm³/mol. The summed E-state index contributed by atoms with van der Waals surface area (Å²) in [7, 11) is 0. The molecule has 8 heteroatoms. The third-order valence-electron chi connectivity index (χ3n) is 2.44. The van der Waals surface area contributed by atoms with E-state index in [1.807, 2.05) is 0 Å². The highest BCUT2D eigenvalue weighted by atomic mass is 32.2. The number of nitrogens with zero attached hydrogens (tertiary/aromatic N) is 1. The molecule has 0 amide bonds. The number of thioether (sulfide) groups is 1. The number of carbonyl (C=O) groups excluding carboxylic acids is 1. The minimum Gasteiger partial charge on any atom is -0.617 e. The smallest absolute Gasteiger partial charge is 0.329 e. The first kappa shape index (κ1) is 14.3. The lowest BCUT2D eigenvalue weighted by atomic mass is 10.3. The molecule has 2 aromatic rings. The predicted octanol–water partition coefficient (Wildman–Crippen LogP) is 0.956. The Labute approximate surface area is 117 Å². The van der Waals surface area contributed by atoms with Crippen molar-refractivity contribution in [2.24, 2.45) is 0 Å². The normalized spacial score (nSPS) is 10.7. The average Bonchev–Trinajstić information content (AvgIpc) is 2.40. The van der Waals surface area contributed by atoms with Gasteiger partial charge in [-0.05, 0) is 30.8 Å². The molecule has 2 rings (SSSR count). The lowest BCUT2D eigenvalue weighted by Crippen LogP contribution is -2.38. The van der Waals surface area contributed by atoms with Crippen molar-refractivity contribution in [1.82, 2.24) is 4.98 Å². The van der Waals surface area contributed by atoms with E-state index in [2.05, 4.69) is 4.98 Å². The van der Waals surface area contributed by atoms with Crippen LogP contribution in [0, 0.1) is 11.0 Å². The number of halogens is 1. The number of esters is 1. The lowest BCUT2D eigenvalue weighted by molar-refractivity contribution is -0.620.